The van der Waals surface area contributed by atoms with Crippen LogP contribution in [0.5, 0.6) is 0 Å². The molecule has 0 bridgehead atoms. The molecule has 124 valence electrons. The van der Waals surface area contributed by atoms with Crippen LogP contribution in [-0.2, 0) is 0 Å². The molecule has 1 aromatic heterocycles. The average molecular weight is 313 g/mol. The highest BCUT2D eigenvalue weighted by atomic mass is 15.2. The number of aromatic nitrogens is 2. The molecular formula is C18H27N5. The molecule has 0 atom stereocenters. The standard InChI is InChI=1S/C18H27N5/c1-4-19-17-18(21-13-12-20-17)22(3)14-9-15-23(5-2)16-10-7-6-8-11-16/h6-8,10-13H,4-5,9,14-15H2,1-3H3,(H,19,20). The normalized spacial score (nSPS) is 10.4. The van der Waals surface area contributed by atoms with Gasteiger partial charge in [0, 0.05) is 51.3 Å². The highest BCUT2D eigenvalue weighted by molar-refractivity contribution is 5.59. The topological polar surface area (TPSA) is 44.3 Å². The Morgan fingerprint density at radius 1 is 1.00 bits per heavy atom. The first-order valence-corrected chi connectivity index (χ1v) is 8.32. The minimum absolute atomic E-state index is 0.844. The summed E-state index contributed by atoms with van der Waals surface area (Å²) in [6, 6.07) is 10.6. The van der Waals surface area contributed by atoms with Crippen LogP contribution in [0.25, 0.3) is 0 Å². The number of hydrogen-bond donors (Lipinski definition) is 1. The molecule has 5 heteroatoms. The van der Waals surface area contributed by atoms with Gasteiger partial charge in [-0.2, -0.15) is 0 Å². The largest absolute Gasteiger partial charge is 0.372 e. The Bertz CT molecular complexity index is 573. The molecule has 0 aliphatic carbocycles. The van der Waals surface area contributed by atoms with E-state index >= 15 is 0 Å². The number of hydrogen-bond acceptors (Lipinski definition) is 5. The van der Waals surface area contributed by atoms with Crippen molar-refractivity contribution in [3.63, 3.8) is 0 Å². The first-order chi connectivity index (χ1) is 11.3. The summed E-state index contributed by atoms with van der Waals surface area (Å²) in [6.07, 6.45) is 4.54. The van der Waals surface area contributed by atoms with E-state index < -0.39 is 0 Å². The highest BCUT2D eigenvalue weighted by Crippen LogP contribution is 2.19. The van der Waals surface area contributed by atoms with Gasteiger partial charge in [-0.1, -0.05) is 18.2 Å². The first-order valence-electron chi connectivity index (χ1n) is 8.32. The second-order valence-corrected chi connectivity index (χ2v) is 5.45. The summed E-state index contributed by atoms with van der Waals surface area (Å²) in [5.41, 5.74) is 1.28. The number of benzene rings is 1. The van der Waals surface area contributed by atoms with Crippen LogP contribution < -0.4 is 15.1 Å². The Morgan fingerprint density at radius 3 is 2.43 bits per heavy atom. The van der Waals surface area contributed by atoms with Gasteiger partial charge in [-0.25, -0.2) is 9.97 Å². The molecule has 0 amide bonds. The Balaban J connectivity index is 1.90. The monoisotopic (exact) mass is 313 g/mol. The third-order valence-electron chi connectivity index (χ3n) is 3.81. The van der Waals surface area contributed by atoms with Crippen molar-refractivity contribution in [2.75, 3.05) is 48.3 Å². The lowest BCUT2D eigenvalue weighted by atomic mass is 10.2. The number of rotatable bonds is 9. The molecule has 1 aromatic carbocycles. The minimum Gasteiger partial charge on any atom is -0.372 e. The molecule has 2 aromatic rings. The van der Waals surface area contributed by atoms with Gasteiger partial charge in [0.05, 0.1) is 0 Å². The lowest BCUT2D eigenvalue weighted by Crippen LogP contribution is -2.28. The maximum atomic E-state index is 4.46. The van der Waals surface area contributed by atoms with E-state index in [2.05, 4.69) is 76.3 Å². The molecule has 0 radical (unpaired) electrons. The van der Waals surface area contributed by atoms with Crippen molar-refractivity contribution in [3.8, 4) is 0 Å². The third-order valence-corrected chi connectivity index (χ3v) is 3.81. The molecule has 0 fully saturated rings. The van der Waals surface area contributed by atoms with E-state index in [9.17, 15) is 0 Å². The van der Waals surface area contributed by atoms with Gasteiger partial charge in [-0.3, -0.25) is 0 Å². The predicted molar refractivity (Wildman–Crippen MR) is 98.4 cm³/mol. The summed E-state index contributed by atoms with van der Waals surface area (Å²) >= 11 is 0. The number of para-hydroxylation sites is 1. The molecule has 0 unspecified atom stereocenters. The lowest BCUT2D eigenvalue weighted by Gasteiger charge is -2.25. The molecule has 0 saturated carbocycles. The van der Waals surface area contributed by atoms with Gasteiger partial charge in [0.25, 0.3) is 0 Å². The fourth-order valence-electron chi connectivity index (χ4n) is 2.62. The van der Waals surface area contributed by atoms with E-state index in [0.717, 1.165) is 44.2 Å². The number of nitrogens with zero attached hydrogens (tertiary/aromatic N) is 4. The third kappa shape index (κ3) is 4.84. The zero-order valence-corrected chi connectivity index (χ0v) is 14.4. The Morgan fingerprint density at radius 2 is 1.74 bits per heavy atom. The molecule has 0 aliphatic rings. The number of nitrogens with one attached hydrogen (secondary N) is 1. The van der Waals surface area contributed by atoms with Crippen molar-refractivity contribution >= 4 is 17.3 Å². The first kappa shape index (κ1) is 17.1. The molecule has 2 rings (SSSR count). The molecule has 23 heavy (non-hydrogen) atoms. The van der Waals surface area contributed by atoms with E-state index in [1.807, 2.05) is 0 Å². The van der Waals surface area contributed by atoms with E-state index in [1.54, 1.807) is 12.4 Å². The van der Waals surface area contributed by atoms with Gasteiger partial charge in [0.2, 0.25) is 0 Å². The Hall–Kier alpha value is -2.30. The Kier molecular flexibility index (Phi) is 6.66. The summed E-state index contributed by atoms with van der Waals surface area (Å²) in [6.45, 7) is 8.10. The van der Waals surface area contributed by atoms with E-state index in [4.69, 9.17) is 0 Å². The molecular weight excluding hydrogens is 286 g/mol. The quantitative estimate of drug-likeness (QED) is 0.770. The molecule has 1 N–H and O–H groups in total. The van der Waals surface area contributed by atoms with Crippen molar-refractivity contribution in [2.45, 2.75) is 20.3 Å². The van der Waals surface area contributed by atoms with Crippen molar-refractivity contribution in [2.24, 2.45) is 0 Å². The fraction of sp³-hybridized carbons (Fsp3) is 0.444. The van der Waals surface area contributed by atoms with Gasteiger partial charge in [0.1, 0.15) is 0 Å². The van der Waals surface area contributed by atoms with Crippen molar-refractivity contribution in [3.05, 3.63) is 42.7 Å². The molecule has 1 heterocycles. The molecule has 0 spiro atoms. The van der Waals surface area contributed by atoms with Crippen molar-refractivity contribution in [1.82, 2.24) is 9.97 Å². The minimum atomic E-state index is 0.844. The van der Waals surface area contributed by atoms with Crippen LogP contribution in [0.4, 0.5) is 17.3 Å². The maximum absolute atomic E-state index is 4.46. The average Bonchev–Trinajstić information content (AvgIpc) is 2.60. The predicted octanol–water partition coefficient (Wildman–Crippen LogP) is 3.26. The summed E-state index contributed by atoms with van der Waals surface area (Å²) < 4.78 is 0. The van der Waals surface area contributed by atoms with Crippen LogP contribution in [0.15, 0.2) is 42.7 Å². The smallest absolute Gasteiger partial charge is 0.171 e. The van der Waals surface area contributed by atoms with E-state index in [-0.39, 0.29) is 0 Å². The van der Waals surface area contributed by atoms with Crippen molar-refractivity contribution < 1.29 is 0 Å². The van der Waals surface area contributed by atoms with Gasteiger partial charge >= 0.3 is 0 Å². The summed E-state index contributed by atoms with van der Waals surface area (Å²) in [4.78, 5) is 13.4. The van der Waals surface area contributed by atoms with E-state index in [1.165, 1.54) is 5.69 Å². The second-order valence-electron chi connectivity index (χ2n) is 5.45. The van der Waals surface area contributed by atoms with Crippen molar-refractivity contribution in [1.29, 1.82) is 0 Å². The van der Waals surface area contributed by atoms with Crippen LogP contribution in [0.2, 0.25) is 0 Å². The second kappa shape index (κ2) is 8.98. The SMILES string of the molecule is CCNc1nccnc1N(C)CCCN(CC)c1ccccc1. The summed E-state index contributed by atoms with van der Waals surface area (Å²) in [5, 5.41) is 3.27. The molecule has 0 saturated heterocycles. The maximum Gasteiger partial charge on any atom is 0.171 e. The Labute approximate surface area is 139 Å². The summed E-state index contributed by atoms with van der Waals surface area (Å²) in [5.74, 6) is 1.77. The van der Waals surface area contributed by atoms with Crippen LogP contribution in [0, 0.1) is 0 Å². The highest BCUT2D eigenvalue weighted by Gasteiger charge is 2.10. The lowest BCUT2D eigenvalue weighted by molar-refractivity contribution is 0.727. The molecule has 0 aliphatic heterocycles. The van der Waals surface area contributed by atoms with Gasteiger partial charge < -0.3 is 15.1 Å². The van der Waals surface area contributed by atoms with E-state index in [0.29, 0.717) is 0 Å². The fourth-order valence-corrected chi connectivity index (χ4v) is 2.62. The molecule has 5 nitrogen and oxygen atoms in total. The zero-order chi connectivity index (χ0) is 16.5. The zero-order valence-electron chi connectivity index (χ0n) is 14.4. The van der Waals surface area contributed by atoms with Crippen LogP contribution in [0.1, 0.15) is 20.3 Å². The van der Waals surface area contributed by atoms with Crippen LogP contribution in [-0.4, -0.2) is 43.2 Å². The van der Waals surface area contributed by atoms with Gasteiger partial charge in [-0.05, 0) is 32.4 Å². The van der Waals surface area contributed by atoms with Crippen LogP contribution >= 0.6 is 0 Å². The van der Waals surface area contributed by atoms with Crippen LogP contribution in [0.3, 0.4) is 0 Å². The van der Waals surface area contributed by atoms with Gasteiger partial charge in [-0.15, -0.1) is 0 Å². The van der Waals surface area contributed by atoms with Gasteiger partial charge in [0.15, 0.2) is 11.6 Å². The number of anilines is 3. The summed E-state index contributed by atoms with van der Waals surface area (Å²) in [7, 11) is 2.07.